The number of nitrogens with one attached hydrogen (secondary N) is 1. The number of hydrogen-bond donors (Lipinski definition) is 2. The summed E-state index contributed by atoms with van der Waals surface area (Å²) >= 11 is 0. The highest BCUT2D eigenvalue weighted by Crippen LogP contribution is 2.24. The van der Waals surface area contributed by atoms with Gasteiger partial charge in [-0.15, -0.1) is 0 Å². The quantitative estimate of drug-likeness (QED) is 0.795. The van der Waals surface area contributed by atoms with E-state index in [1.54, 1.807) is 0 Å². The normalized spacial score (nSPS) is 10.5. The van der Waals surface area contributed by atoms with Crippen LogP contribution in [0.1, 0.15) is 10.5 Å². The van der Waals surface area contributed by atoms with Crippen LogP contribution >= 0.6 is 0 Å². The highest BCUT2D eigenvalue weighted by molar-refractivity contribution is 5.94. The van der Waals surface area contributed by atoms with Gasteiger partial charge in [-0.25, -0.2) is 9.18 Å². The predicted molar refractivity (Wildman–Crippen MR) is 51.8 cm³/mol. The Hall–Kier alpha value is -2.04. The number of methoxy groups -OCH3 is 1. The van der Waals surface area contributed by atoms with E-state index in [0.29, 0.717) is 10.9 Å². The van der Waals surface area contributed by atoms with Crippen LogP contribution in [-0.4, -0.2) is 23.2 Å². The maximum atomic E-state index is 13.2. The van der Waals surface area contributed by atoms with E-state index in [4.69, 9.17) is 9.84 Å². The Morgan fingerprint density at radius 1 is 1.47 bits per heavy atom. The first kappa shape index (κ1) is 9.51. The van der Waals surface area contributed by atoms with Crippen molar-refractivity contribution < 1.29 is 19.0 Å². The lowest BCUT2D eigenvalue weighted by Gasteiger charge is -2.00. The molecule has 0 bridgehead atoms. The molecule has 2 N–H and O–H groups in total. The van der Waals surface area contributed by atoms with Crippen molar-refractivity contribution in [3.63, 3.8) is 0 Å². The van der Waals surface area contributed by atoms with E-state index < -0.39 is 11.8 Å². The number of fused-ring (bicyclic) bond motifs is 1. The number of carboxylic acids is 1. The second kappa shape index (κ2) is 3.27. The van der Waals surface area contributed by atoms with Crippen molar-refractivity contribution in [2.75, 3.05) is 7.11 Å². The fourth-order valence-electron chi connectivity index (χ4n) is 1.41. The minimum atomic E-state index is -1.08. The van der Waals surface area contributed by atoms with Gasteiger partial charge in [0.05, 0.1) is 7.11 Å². The number of rotatable bonds is 2. The van der Waals surface area contributed by atoms with E-state index in [1.807, 2.05) is 0 Å². The molecule has 0 spiro atoms. The van der Waals surface area contributed by atoms with Gasteiger partial charge in [0.2, 0.25) is 0 Å². The monoisotopic (exact) mass is 209 g/mol. The highest BCUT2D eigenvalue weighted by atomic mass is 19.1. The molecule has 0 aliphatic heterocycles. The number of H-pyrrole nitrogens is 1. The first-order valence-corrected chi connectivity index (χ1v) is 4.21. The summed E-state index contributed by atoms with van der Waals surface area (Å²) in [5, 5.41) is 9.33. The van der Waals surface area contributed by atoms with Crippen molar-refractivity contribution in [2.45, 2.75) is 0 Å². The molecular formula is C10H8FNO3. The van der Waals surface area contributed by atoms with Crippen LogP contribution in [0.5, 0.6) is 5.75 Å². The molecule has 0 aliphatic carbocycles. The minimum Gasteiger partial charge on any atom is -0.494 e. The summed E-state index contributed by atoms with van der Waals surface area (Å²) in [6.07, 6.45) is 0. The van der Waals surface area contributed by atoms with Gasteiger partial charge in [0.25, 0.3) is 0 Å². The molecule has 4 nitrogen and oxygen atoms in total. The van der Waals surface area contributed by atoms with Gasteiger partial charge < -0.3 is 14.8 Å². The fraction of sp³-hybridized carbons (Fsp3) is 0.100. The van der Waals surface area contributed by atoms with Crippen LogP contribution in [-0.2, 0) is 0 Å². The van der Waals surface area contributed by atoms with Crippen molar-refractivity contribution in [3.05, 3.63) is 29.7 Å². The molecule has 0 aliphatic rings. The Morgan fingerprint density at radius 3 is 2.80 bits per heavy atom. The predicted octanol–water partition coefficient (Wildman–Crippen LogP) is 2.01. The summed E-state index contributed by atoms with van der Waals surface area (Å²) in [6, 6.07) is 4.09. The van der Waals surface area contributed by atoms with E-state index in [1.165, 1.54) is 25.3 Å². The van der Waals surface area contributed by atoms with Crippen molar-refractivity contribution in [1.82, 2.24) is 4.98 Å². The number of hydrogen-bond acceptors (Lipinski definition) is 2. The number of carbonyl (C=O) groups is 1. The van der Waals surface area contributed by atoms with Crippen molar-refractivity contribution in [1.29, 1.82) is 0 Å². The van der Waals surface area contributed by atoms with Gasteiger partial charge in [0.15, 0.2) is 11.6 Å². The zero-order chi connectivity index (χ0) is 11.0. The molecule has 2 aromatic rings. The van der Waals surface area contributed by atoms with E-state index in [9.17, 15) is 9.18 Å². The van der Waals surface area contributed by atoms with Crippen LogP contribution < -0.4 is 4.74 Å². The van der Waals surface area contributed by atoms with Crippen LogP contribution in [0, 0.1) is 5.82 Å². The van der Waals surface area contributed by atoms with Crippen molar-refractivity contribution in [3.8, 4) is 5.75 Å². The van der Waals surface area contributed by atoms with E-state index in [2.05, 4.69) is 4.98 Å². The second-order valence-electron chi connectivity index (χ2n) is 3.06. The number of halogens is 1. The molecule has 0 amide bonds. The number of carboxylic acid groups (broad SMARTS) is 1. The van der Waals surface area contributed by atoms with Gasteiger partial charge >= 0.3 is 5.97 Å². The molecule has 0 saturated heterocycles. The molecule has 2 rings (SSSR count). The summed E-state index contributed by atoms with van der Waals surface area (Å²) in [6.45, 7) is 0. The third kappa shape index (κ3) is 1.52. The average Bonchev–Trinajstić information content (AvgIpc) is 2.59. The summed E-state index contributed by atoms with van der Waals surface area (Å²) in [7, 11) is 1.36. The van der Waals surface area contributed by atoms with Crippen LogP contribution in [0.4, 0.5) is 4.39 Å². The minimum absolute atomic E-state index is 0.0256. The lowest BCUT2D eigenvalue weighted by Crippen LogP contribution is -1.94. The molecule has 1 aromatic carbocycles. The van der Waals surface area contributed by atoms with Gasteiger partial charge in [-0.3, -0.25) is 0 Å². The van der Waals surface area contributed by atoms with Gasteiger partial charge in [-0.1, -0.05) is 0 Å². The molecule has 1 heterocycles. The fourth-order valence-corrected chi connectivity index (χ4v) is 1.41. The Labute approximate surface area is 84.3 Å². The summed E-state index contributed by atoms with van der Waals surface area (Å²) < 4.78 is 18.0. The van der Waals surface area contributed by atoms with E-state index in [0.717, 1.165) is 0 Å². The molecule has 1 aromatic heterocycles. The summed E-state index contributed by atoms with van der Waals surface area (Å²) in [5.74, 6) is -1.51. The third-order valence-electron chi connectivity index (χ3n) is 2.12. The number of aromatic amines is 1. The standard InChI is InChI=1S/C10H8FNO3/c1-15-9-3-5-2-8(10(13)14)12-7(5)4-6(9)11/h2-4,12H,1H3,(H,13,14). The number of benzene rings is 1. The first-order chi connectivity index (χ1) is 7.11. The lowest BCUT2D eigenvalue weighted by atomic mass is 10.2. The molecule has 15 heavy (non-hydrogen) atoms. The zero-order valence-electron chi connectivity index (χ0n) is 7.87. The van der Waals surface area contributed by atoms with Gasteiger partial charge in [0, 0.05) is 17.0 Å². The number of aromatic carboxylic acids is 1. The van der Waals surface area contributed by atoms with Crippen LogP contribution in [0.3, 0.4) is 0 Å². The molecular weight excluding hydrogens is 201 g/mol. The molecule has 0 fully saturated rings. The first-order valence-electron chi connectivity index (χ1n) is 4.21. The molecule has 0 saturated carbocycles. The van der Waals surface area contributed by atoms with E-state index in [-0.39, 0.29) is 11.4 Å². The molecule has 0 atom stereocenters. The largest absolute Gasteiger partial charge is 0.494 e. The topological polar surface area (TPSA) is 62.3 Å². The molecule has 0 radical (unpaired) electrons. The SMILES string of the molecule is COc1cc2cc(C(=O)O)[nH]c2cc1F. The Bertz CT molecular complexity index is 533. The highest BCUT2D eigenvalue weighted by Gasteiger charge is 2.10. The van der Waals surface area contributed by atoms with Crippen LogP contribution in [0.2, 0.25) is 0 Å². The third-order valence-corrected chi connectivity index (χ3v) is 2.12. The van der Waals surface area contributed by atoms with Crippen LogP contribution in [0.15, 0.2) is 18.2 Å². The maximum Gasteiger partial charge on any atom is 0.352 e. The second-order valence-corrected chi connectivity index (χ2v) is 3.06. The molecule has 78 valence electrons. The summed E-state index contributed by atoms with van der Waals surface area (Å²) in [5.41, 5.74) is 0.461. The van der Waals surface area contributed by atoms with Gasteiger partial charge in [-0.2, -0.15) is 0 Å². The summed E-state index contributed by atoms with van der Waals surface area (Å²) in [4.78, 5) is 13.2. The smallest absolute Gasteiger partial charge is 0.352 e. The Morgan fingerprint density at radius 2 is 2.20 bits per heavy atom. The van der Waals surface area contributed by atoms with Gasteiger partial charge in [-0.05, 0) is 12.1 Å². The van der Waals surface area contributed by atoms with Gasteiger partial charge in [0.1, 0.15) is 5.69 Å². The van der Waals surface area contributed by atoms with E-state index >= 15 is 0 Å². The lowest BCUT2D eigenvalue weighted by molar-refractivity contribution is 0.0691. The Kier molecular flexibility index (Phi) is 2.07. The van der Waals surface area contributed by atoms with Crippen LogP contribution in [0.25, 0.3) is 10.9 Å². The molecule has 0 unspecified atom stereocenters. The Balaban J connectivity index is 2.66. The number of aromatic nitrogens is 1. The van der Waals surface area contributed by atoms with Crippen molar-refractivity contribution >= 4 is 16.9 Å². The molecule has 5 heteroatoms. The average molecular weight is 209 g/mol. The number of ether oxygens (including phenoxy) is 1. The zero-order valence-corrected chi connectivity index (χ0v) is 7.87. The maximum absolute atomic E-state index is 13.2. The van der Waals surface area contributed by atoms with Crippen molar-refractivity contribution in [2.24, 2.45) is 0 Å².